The predicted octanol–water partition coefficient (Wildman–Crippen LogP) is 1.91. The van der Waals surface area contributed by atoms with Crippen LogP contribution in [0.25, 0.3) is 10.8 Å². The number of amides is 1. The topological polar surface area (TPSA) is 105 Å². The first-order valence-corrected chi connectivity index (χ1v) is 10.1. The molecule has 0 unspecified atom stereocenters. The van der Waals surface area contributed by atoms with Crippen LogP contribution in [0.15, 0.2) is 64.3 Å². The number of rotatable bonds is 4. The zero-order chi connectivity index (χ0) is 21.5. The molecule has 3 N–H and O–H groups in total. The molecule has 0 spiro atoms. The van der Waals surface area contributed by atoms with E-state index in [0.29, 0.717) is 31.0 Å². The lowest BCUT2D eigenvalue weighted by atomic mass is 9.96. The molecular weight excluding hydrogens is 392 g/mol. The third-order valence-corrected chi connectivity index (χ3v) is 5.86. The summed E-state index contributed by atoms with van der Waals surface area (Å²) in [6.07, 6.45) is 2.40. The first-order valence-electron chi connectivity index (χ1n) is 10.1. The van der Waals surface area contributed by atoms with Crippen molar-refractivity contribution in [1.29, 1.82) is 0 Å². The van der Waals surface area contributed by atoms with Crippen molar-refractivity contribution >= 4 is 28.1 Å². The Kier molecular flexibility index (Phi) is 4.51. The number of carbonyl (C=O) groups is 1. The molecule has 0 saturated carbocycles. The highest BCUT2D eigenvalue weighted by molar-refractivity contribution is 6.05. The highest BCUT2D eigenvalue weighted by Crippen LogP contribution is 2.26. The molecule has 0 atom stereocenters. The van der Waals surface area contributed by atoms with Crippen LogP contribution < -0.4 is 26.8 Å². The smallest absolute Gasteiger partial charge is 0.270 e. The molecule has 1 aliphatic rings. The van der Waals surface area contributed by atoms with Gasteiger partial charge in [-0.05, 0) is 34.6 Å². The molecule has 0 radical (unpaired) electrons. The lowest BCUT2D eigenvalue weighted by Crippen LogP contribution is -2.44. The molecule has 31 heavy (non-hydrogen) atoms. The zero-order valence-electron chi connectivity index (χ0n) is 16.7. The van der Waals surface area contributed by atoms with E-state index < -0.39 is 10.9 Å². The van der Waals surface area contributed by atoms with Crippen molar-refractivity contribution in [2.45, 2.75) is 19.5 Å². The van der Waals surface area contributed by atoms with Crippen LogP contribution >= 0.6 is 0 Å². The van der Waals surface area contributed by atoms with Crippen LogP contribution in [-0.2, 0) is 19.5 Å². The molecule has 0 saturated heterocycles. The Hall–Kier alpha value is -4.00. The van der Waals surface area contributed by atoms with E-state index in [9.17, 15) is 14.4 Å². The minimum absolute atomic E-state index is 0.0551. The monoisotopic (exact) mass is 412 g/mol. The lowest BCUT2D eigenvalue weighted by Gasteiger charge is -2.32. The number of anilines is 2. The molecule has 5 rings (SSSR count). The summed E-state index contributed by atoms with van der Waals surface area (Å²) in [6.45, 7) is 1.52. The number of nitrogen functional groups attached to an aromatic ring is 1. The Balaban J connectivity index is 1.33. The van der Waals surface area contributed by atoms with Gasteiger partial charge in [0.25, 0.3) is 16.8 Å². The summed E-state index contributed by atoms with van der Waals surface area (Å²) in [5, 5.41) is 4.73. The summed E-state index contributed by atoms with van der Waals surface area (Å²) in [5.74, 6) is -0.229. The Bertz CT molecular complexity index is 1400. The summed E-state index contributed by atoms with van der Waals surface area (Å²) in [4.78, 5) is 42.2. The molecule has 154 valence electrons. The lowest BCUT2D eigenvalue weighted by molar-refractivity contribution is 0.0948. The number of fused-ring (bicyclic) bond motifs is 2. The number of nitrogens with one attached hydrogen (secondary N) is 1. The second-order valence-electron chi connectivity index (χ2n) is 7.76. The number of nitrogens with zero attached hydrogens (tertiary/aromatic N) is 2. The zero-order valence-corrected chi connectivity index (χ0v) is 16.7. The van der Waals surface area contributed by atoms with E-state index >= 15 is 0 Å². The van der Waals surface area contributed by atoms with Gasteiger partial charge in [-0.1, -0.05) is 42.5 Å². The number of nitrogens with two attached hydrogens (primary N) is 1. The minimum atomic E-state index is -0.598. The van der Waals surface area contributed by atoms with Gasteiger partial charge in [0.1, 0.15) is 17.1 Å². The van der Waals surface area contributed by atoms with Crippen LogP contribution in [0.3, 0.4) is 0 Å². The van der Waals surface area contributed by atoms with E-state index in [1.54, 1.807) is 6.20 Å². The third kappa shape index (κ3) is 3.24. The number of aromatic nitrogens is 1. The largest absolute Gasteiger partial charge is 0.394 e. The van der Waals surface area contributed by atoms with Crippen molar-refractivity contribution in [3.63, 3.8) is 0 Å². The molecule has 0 bridgehead atoms. The van der Waals surface area contributed by atoms with Gasteiger partial charge >= 0.3 is 0 Å². The second-order valence-corrected chi connectivity index (χ2v) is 7.76. The molecule has 1 aromatic heterocycles. The second kappa shape index (κ2) is 7.36. The van der Waals surface area contributed by atoms with E-state index in [1.807, 2.05) is 47.4 Å². The van der Waals surface area contributed by atoms with Gasteiger partial charge in [-0.15, -0.1) is 0 Å². The van der Waals surface area contributed by atoms with E-state index in [1.165, 1.54) is 5.56 Å². The molecule has 0 aliphatic carbocycles. The van der Waals surface area contributed by atoms with Gasteiger partial charge in [0.15, 0.2) is 0 Å². The van der Waals surface area contributed by atoms with Crippen LogP contribution in [0.5, 0.6) is 0 Å². The van der Waals surface area contributed by atoms with Crippen LogP contribution in [0.1, 0.15) is 27.2 Å². The highest BCUT2D eigenvalue weighted by atomic mass is 16.2. The third-order valence-electron chi connectivity index (χ3n) is 5.86. The molecule has 7 nitrogen and oxygen atoms in total. The van der Waals surface area contributed by atoms with Crippen molar-refractivity contribution in [3.05, 3.63) is 97.6 Å². The Morgan fingerprint density at radius 3 is 2.74 bits per heavy atom. The SMILES string of the molecule is Nc1c(N2CCc3ccc(CNC(=O)c4nccc5ccccc45)cc3C2)c(=O)c1=O. The van der Waals surface area contributed by atoms with Crippen molar-refractivity contribution in [3.8, 4) is 0 Å². The molecular formula is C24H20N4O3. The Labute approximate surface area is 177 Å². The minimum Gasteiger partial charge on any atom is -0.394 e. The molecule has 1 amide bonds. The Morgan fingerprint density at radius 2 is 1.90 bits per heavy atom. The average Bonchev–Trinajstić information content (AvgIpc) is 2.81. The van der Waals surface area contributed by atoms with Crippen molar-refractivity contribution in [2.75, 3.05) is 17.2 Å². The number of hydrogen-bond donors (Lipinski definition) is 2. The number of hydrogen-bond acceptors (Lipinski definition) is 6. The van der Waals surface area contributed by atoms with Crippen LogP contribution in [-0.4, -0.2) is 17.4 Å². The van der Waals surface area contributed by atoms with E-state index in [4.69, 9.17) is 5.73 Å². The summed E-state index contributed by atoms with van der Waals surface area (Å²) >= 11 is 0. The first kappa shape index (κ1) is 19.0. The molecule has 3 aromatic carbocycles. The van der Waals surface area contributed by atoms with Crippen molar-refractivity contribution in [1.82, 2.24) is 10.3 Å². The van der Waals surface area contributed by atoms with Gasteiger partial charge in [-0.2, -0.15) is 0 Å². The maximum atomic E-state index is 12.7. The number of carbonyl (C=O) groups excluding carboxylic acids is 1. The quantitative estimate of drug-likeness (QED) is 0.496. The standard InChI is InChI=1S/C24H20N4O3/c25-19-21(23(30)22(19)29)28-10-8-15-6-5-14(11-17(15)13-28)12-27-24(31)20-18-4-2-1-3-16(18)7-9-26-20/h1-7,9,11H,8,10,12-13,25H2,(H,27,31). The van der Waals surface area contributed by atoms with Gasteiger partial charge in [0.05, 0.1) is 0 Å². The fourth-order valence-electron chi connectivity index (χ4n) is 4.19. The molecule has 0 fully saturated rings. The molecule has 7 heteroatoms. The molecule has 4 aromatic rings. The maximum absolute atomic E-state index is 12.7. The number of pyridine rings is 1. The molecule has 1 aliphatic heterocycles. The fourth-order valence-corrected chi connectivity index (χ4v) is 4.19. The summed E-state index contributed by atoms with van der Waals surface area (Å²) in [5.41, 5.74) is 8.62. The van der Waals surface area contributed by atoms with Gasteiger partial charge in [-0.25, -0.2) is 0 Å². The maximum Gasteiger partial charge on any atom is 0.270 e. The molecule has 2 heterocycles. The fraction of sp³-hybridized carbons (Fsp3) is 0.167. The van der Waals surface area contributed by atoms with Crippen LogP contribution in [0.2, 0.25) is 0 Å². The van der Waals surface area contributed by atoms with Crippen molar-refractivity contribution in [2.24, 2.45) is 0 Å². The summed E-state index contributed by atoms with van der Waals surface area (Å²) in [6, 6.07) is 15.6. The predicted molar refractivity (Wildman–Crippen MR) is 120 cm³/mol. The van der Waals surface area contributed by atoms with Gasteiger partial charge in [0, 0.05) is 31.2 Å². The van der Waals surface area contributed by atoms with E-state index in [0.717, 1.165) is 28.3 Å². The average molecular weight is 412 g/mol. The first-order chi connectivity index (χ1) is 15.0. The van der Waals surface area contributed by atoms with Crippen LogP contribution in [0.4, 0.5) is 11.4 Å². The normalized spacial score (nSPS) is 13.4. The van der Waals surface area contributed by atoms with Gasteiger partial charge in [0.2, 0.25) is 0 Å². The van der Waals surface area contributed by atoms with Crippen LogP contribution in [0, 0.1) is 0 Å². The number of benzene rings is 2. The Morgan fingerprint density at radius 1 is 1.06 bits per heavy atom. The van der Waals surface area contributed by atoms with Gasteiger partial charge in [-0.3, -0.25) is 19.4 Å². The van der Waals surface area contributed by atoms with Crippen molar-refractivity contribution < 1.29 is 4.79 Å². The highest BCUT2D eigenvalue weighted by Gasteiger charge is 2.26. The summed E-state index contributed by atoms with van der Waals surface area (Å²) in [7, 11) is 0. The van der Waals surface area contributed by atoms with E-state index in [2.05, 4.69) is 16.4 Å². The summed E-state index contributed by atoms with van der Waals surface area (Å²) < 4.78 is 0. The van der Waals surface area contributed by atoms with Gasteiger partial charge < -0.3 is 16.0 Å². The van der Waals surface area contributed by atoms with E-state index in [-0.39, 0.29) is 11.6 Å².